The number of carbonyl (C=O) groups excluding carboxylic acids is 1. The highest BCUT2D eigenvalue weighted by Gasteiger charge is 2.63. The third-order valence-electron chi connectivity index (χ3n) is 2.10. The van der Waals surface area contributed by atoms with Gasteiger partial charge in [-0.15, -0.1) is 0 Å². The monoisotopic (exact) mass is 154 g/mol. The zero-order chi connectivity index (χ0) is 7.90. The smallest absolute Gasteiger partial charge is 0.192 e. The summed E-state index contributed by atoms with van der Waals surface area (Å²) in [5, 5.41) is 0. The lowest BCUT2D eigenvalue weighted by atomic mass is 10.1. The van der Waals surface area contributed by atoms with Crippen molar-refractivity contribution >= 4 is 5.78 Å². The van der Waals surface area contributed by atoms with Crippen LogP contribution in [0.25, 0.3) is 0 Å². The molecule has 2 aliphatic rings. The molecule has 0 aromatic heterocycles. The maximum atomic E-state index is 11.2. The van der Waals surface area contributed by atoms with Crippen molar-refractivity contribution < 1.29 is 14.3 Å². The van der Waals surface area contributed by atoms with Crippen LogP contribution < -0.4 is 0 Å². The van der Waals surface area contributed by atoms with Gasteiger partial charge in [0.05, 0.1) is 6.61 Å². The van der Waals surface area contributed by atoms with Gasteiger partial charge in [-0.2, -0.15) is 0 Å². The lowest BCUT2D eigenvalue weighted by Crippen LogP contribution is -2.28. The van der Waals surface area contributed by atoms with Gasteiger partial charge in [-0.05, 0) is 19.1 Å². The minimum Gasteiger partial charge on any atom is -0.378 e. The number of rotatable bonds is 3. The Morgan fingerprint density at radius 3 is 3.09 bits per heavy atom. The van der Waals surface area contributed by atoms with Crippen molar-refractivity contribution in [1.82, 2.24) is 0 Å². The number of hydrogen-bond donors (Lipinski definition) is 0. The fourth-order valence-electron chi connectivity index (χ4n) is 1.34. The van der Waals surface area contributed by atoms with Gasteiger partial charge in [0.25, 0.3) is 0 Å². The fraction of sp³-hybridized carbons (Fsp3) is 0.625. The molecule has 2 atom stereocenters. The van der Waals surface area contributed by atoms with E-state index in [1.54, 1.807) is 12.2 Å². The molecule has 1 fully saturated rings. The fourth-order valence-corrected chi connectivity index (χ4v) is 1.34. The van der Waals surface area contributed by atoms with Crippen LogP contribution in [-0.2, 0) is 14.3 Å². The molecule has 0 bridgehead atoms. The average Bonchev–Trinajstić information content (AvgIpc) is 2.65. The van der Waals surface area contributed by atoms with Crippen molar-refractivity contribution in [3.05, 3.63) is 12.2 Å². The van der Waals surface area contributed by atoms with Gasteiger partial charge in [-0.1, -0.05) is 0 Å². The minimum absolute atomic E-state index is 0.00144. The summed E-state index contributed by atoms with van der Waals surface area (Å²) in [4.78, 5) is 11.2. The highest BCUT2D eigenvalue weighted by atomic mass is 16.6. The molecule has 1 aliphatic heterocycles. The SMILES string of the molecule is CCOC[C@@]12O[C@@H]1C=CC2=O. The number of carbonyl (C=O) groups is 1. The Kier molecular flexibility index (Phi) is 1.37. The predicted molar refractivity (Wildman–Crippen MR) is 38.2 cm³/mol. The molecule has 11 heavy (non-hydrogen) atoms. The average molecular weight is 154 g/mol. The van der Waals surface area contributed by atoms with Crippen LogP contribution in [0.3, 0.4) is 0 Å². The van der Waals surface area contributed by atoms with Crippen molar-refractivity contribution in [3.63, 3.8) is 0 Å². The lowest BCUT2D eigenvalue weighted by molar-refractivity contribution is -0.121. The van der Waals surface area contributed by atoms with E-state index in [9.17, 15) is 4.79 Å². The van der Waals surface area contributed by atoms with Crippen molar-refractivity contribution in [2.75, 3.05) is 13.2 Å². The minimum atomic E-state index is -0.601. The van der Waals surface area contributed by atoms with Gasteiger partial charge in [-0.3, -0.25) is 4.79 Å². The van der Waals surface area contributed by atoms with Crippen LogP contribution in [0.5, 0.6) is 0 Å². The van der Waals surface area contributed by atoms with E-state index in [-0.39, 0.29) is 11.9 Å². The van der Waals surface area contributed by atoms with Gasteiger partial charge >= 0.3 is 0 Å². The van der Waals surface area contributed by atoms with Crippen LogP contribution in [-0.4, -0.2) is 30.7 Å². The molecule has 60 valence electrons. The molecule has 1 saturated heterocycles. The third-order valence-corrected chi connectivity index (χ3v) is 2.10. The Labute approximate surface area is 65.0 Å². The van der Waals surface area contributed by atoms with Gasteiger partial charge in [0.1, 0.15) is 6.10 Å². The zero-order valence-corrected chi connectivity index (χ0v) is 6.37. The van der Waals surface area contributed by atoms with Gasteiger partial charge in [0, 0.05) is 6.61 Å². The number of ketones is 1. The van der Waals surface area contributed by atoms with Crippen LogP contribution in [0, 0.1) is 0 Å². The summed E-state index contributed by atoms with van der Waals surface area (Å²) in [6, 6.07) is 0. The van der Waals surface area contributed by atoms with Crippen LogP contribution in [0.2, 0.25) is 0 Å². The summed E-state index contributed by atoms with van der Waals surface area (Å²) < 4.78 is 10.3. The molecule has 0 N–H and O–H groups in total. The second-order valence-corrected chi connectivity index (χ2v) is 2.79. The molecule has 0 saturated carbocycles. The maximum absolute atomic E-state index is 11.2. The molecule has 0 aromatic rings. The Bertz CT molecular complexity index is 221. The van der Waals surface area contributed by atoms with E-state index in [1.807, 2.05) is 6.92 Å². The van der Waals surface area contributed by atoms with E-state index in [4.69, 9.17) is 9.47 Å². The topological polar surface area (TPSA) is 38.8 Å². The summed E-state index contributed by atoms with van der Waals surface area (Å²) in [7, 11) is 0. The standard InChI is InChI=1S/C8H10O3/c1-2-10-5-8-6(9)3-4-7(8)11-8/h3-4,7H,2,5H2,1H3/t7-,8+/m1/s1. The highest BCUT2D eigenvalue weighted by Crippen LogP contribution is 2.43. The van der Waals surface area contributed by atoms with Crippen LogP contribution in [0.4, 0.5) is 0 Å². The van der Waals surface area contributed by atoms with E-state index >= 15 is 0 Å². The molecule has 0 spiro atoms. The second kappa shape index (κ2) is 2.16. The van der Waals surface area contributed by atoms with Crippen molar-refractivity contribution in [2.45, 2.75) is 18.6 Å². The molecular weight excluding hydrogens is 144 g/mol. The molecule has 0 radical (unpaired) electrons. The summed E-state index contributed by atoms with van der Waals surface area (Å²) in [5.74, 6) is 0.0518. The molecular formula is C8H10O3. The third kappa shape index (κ3) is 0.847. The first kappa shape index (κ1) is 7.00. The normalized spacial score (nSPS) is 39.4. The van der Waals surface area contributed by atoms with Crippen molar-refractivity contribution in [2.24, 2.45) is 0 Å². The zero-order valence-electron chi connectivity index (χ0n) is 6.37. The first-order valence-corrected chi connectivity index (χ1v) is 3.78. The highest BCUT2D eigenvalue weighted by molar-refractivity contribution is 6.03. The van der Waals surface area contributed by atoms with Crippen molar-refractivity contribution in [3.8, 4) is 0 Å². The molecule has 0 unspecified atom stereocenters. The first-order valence-electron chi connectivity index (χ1n) is 3.78. The quantitative estimate of drug-likeness (QED) is 0.549. The van der Waals surface area contributed by atoms with E-state index in [2.05, 4.69) is 0 Å². The number of epoxide rings is 1. The molecule has 3 heteroatoms. The van der Waals surface area contributed by atoms with E-state index in [0.717, 1.165) is 0 Å². The largest absolute Gasteiger partial charge is 0.378 e. The molecule has 3 nitrogen and oxygen atoms in total. The Morgan fingerprint density at radius 1 is 1.82 bits per heavy atom. The Morgan fingerprint density at radius 2 is 2.64 bits per heavy atom. The second-order valence-electron chi connectivity index (χ2n) is 2.79. The summed E-state index contributed by atoms with van der Waals surface area (Å²) in [6.45, 7) is 2.94. The Hall–Kier alpha value is -0.670. The number of hydrogen-bond acceptors (Lipinski definition) is 3. The van der Waals surface area contributed by atoms with E-state index in [1.165, 1.54) is 0 Å². The lowest BCUT2D eigenvalue weighted by Gasteiger charge is -2.05. The van der Waals surface area contributed by atoms with E-state index < -0.39 is 5.60 Å². The molecule has 1 heterocycles. The predicted octanol–water partition coefficient (Wildman–Crippen LogP) is 0.299. The molecule has 2 rings (SSSR count). The number of ether oxygens (including phenoxy) is 2. The molecule has 0 aromatic carbocycles. The van der Waals surface area contributed by atoms with Crippen LogP contribution in [0.15, 0.2) is 12.2 Å². The van der Waals surface area contributed by atoms with Gasteiger partial charge in [-0.25, -0.2) is 0 Å². The van der Waals surface area contributed by atoms with Gasteiger partial charge in [0.15, 0.2) is 11.4 Å². The first-order chi connectivity index (χ1) is 5.29. The van der Waals surface area contributed by atoms with Gasteiger partial charge < -0.3 is 9.47 Å². The van der Waals surface area contributed by atoms with Crippen LogP contribution >= 0.6 is 0 Å². The van der Waals surface area contributed by atoms with E-state index in [0.29, 0.717) is 13.2 Å². The van der Waals surface area contributed by atoms with Crippen molar-refractivity contribution in [1.29, 1.82) is 0 Å². The number of fused-ring (bicyclic) bond motifs is 1. The van der Waals surface area contributed by atoms with Gasteiger partial charge in [0.2, 0.25) is 0 Å². The summed E-state index contributed by atoms with van der Waals surface area (Å²) in [5.41, 5.74) is -0.601. The molecule has 0 amide bonds. The summed E-state index contributed by atoms with van der Waals surface area (Å²) in [6.07, 6.45) is 3.37. The molecule has 1 aliphatic carbocycles. The van der Waals surface area contributed by atoms with Crippen LogP contribution in [0.1, 0.15) is 6.92 Å². The Balaban J connectivity index is 1.99. The summed E-state index contributed by atoms with van der Waals surface area (Å²) >= 11 is 0. The maximum Gasteiger partial charge on any atom is 0.192 e.